The molecule has 1 N–H and O–H groups in total. The van der Waals surface area contributed by atoms with Gasteiger partial charge < -0.3 is 10.2 Å². The molecule has 120 valence electrons. The van der Waals surface area contributed by atoms with Gasteiger partial charge in [0.15, 0.2) is 0 Å². The van der Waals surface area contributed by atoms with E-state index in [1.54, 1.807) is 0 Å². The first-order chi connectivity index (χ1) is 10.0. The fourth-order valence-electron chi connectivity index (χ4n) is 3.57. The zero-order valence-corrected chi connectivity index (χ0v) is 14.4. The largest absolute Gasteiger partial charge is 0.342 e. The van der Waals surface area contributed by atoms with Gasteiger partial charge in [-0.05, 0) is 37.9 Å². The van der Waals surface area contributed by atoms with Crippen molar-refractivity contribution in [2.45, 2.75) is 76.3 Å². The molecule has 4 nitrogen and oxygen atoms in total. The summed E-state index contributed by atoms with van der Waals surface area (Å²) >= 11 is 1.88. The molecular weight excluding hydrogens is 284 g/mol. The SMILES string of the molecule is CCC(C)C1NC(=O)C(CC)N(C2CCC(SC)C2)C1=O. The quantitative estimate of drug-likeness (QED) is 0.848. The molecule has 0 aromatic rings. The number of carbonyl (C=O) groups excluding carboxylic acids is 2. The standard InChI is InChI=1S/C16H28N2O2S/c1-5-10(3)14-16(20)18(13(6-2)15(19)17-14)11-7-8-12(9-11)21-4/h10-14H,5-9H2,1-4H3,(H,17,19). The summed E-state index contributed by atoms with van der Waals surface area (Å²) in [6, 6.07) is -0.362. The van der Waals surface area contributed by atoms with Crippen LogP contribution in [0.25, 0.3) is 0 Å². The Morgan fingerprint density at radius 2 is 2.05 bits per heavy atom. The van der Waals surface area contributed by atoms with E-state index in [1.165, 1.54) is 0 Å². The van der Waals surface area contributed by atoms with E-state index in [-0.39, 0.29) is 35.9 Å². The van der Waals surface area contributed by atoms with Crippen molar-refractivity contribution in [2.75, 3.05) is 6.26 Å². The summed E-state index contributed by atoms with van der Waals surface area (Å²) in [5.74, 6) is 0.372. The third-order valence-electron chi connectivity index (χ3n) is 5.14. The molecule has 1 heterocycles. The topological polar surface area (TPSA) is 49.4 Å². The maximum Gasteiger partial charge on any atom is 0.246 e. The summed E-state index contributed by atoms with van der Waals surface area (Å²) in [4.78, 5) is 27.3. The Kier molecular flexibility index (Phi) is 5.58. The van der Waals surface area contributed by atoms with E-state index >= 15 is 0 Å². The van der Waals surface area contributed by atoms with E-state index < -0.39 is 0 Å². The van der Waals surface area contributed by atoms with Gasteiger partial charge in [0.2, 0.25) is 11.8 Å². The maximum absolute atomic E-state index is 12.9. The number of nitrogens with one attached hydrogen (secondary N) is 1. The van der Waals surface area contributed by atoms with Gasteiger partial charge in [-0.2, -0.15) is 11.8 Å². The zero-order valence-electron chi connectivity index (χ0n) is 13.6. The summed E-state index contributed by atoms with van der Waals surface area (Å²) in [7, 11) is 0. The van der Waals surface area contributed by atoms with Crippen LogP contribution in [0.5, 0.6) is 0 Å². The molecule has 0 spiro atoms. The van der Waals surface area contributed by atoms with Crippen LogP contribution in [0.2, 0.25) is 0 Å². The van der Waals surface area contributed by atoms with Crippen molar-refractivity contribution < 1.29 is 9.59 Å². The average Bonchev–Trinajstić information content (AvgIpc) is 2.96. The molecule has 2 rings (SSSR count). The molecule has 1 aliphatic heterocycles. The van der Waals surface area contributed by atoms with Gasteiger partial charge in [0.05, 0.1) is 0 Å². The van der Waals surface area contributed by atoms with Crippen molar-refractivity contribution in [3.05, 3.63) is 0 Å². The van der Waals surface area contributed by atoms with Crippen molar-refractivity contribution in [3.63, 3.8) is 0 Å². The molecule has 2 aliphatic rings. The second-order valence-corrected chi connectivity index (χ2v) is 7.50. The second kappa shape index (κ2) is 7.03. The van der Waals surface area contributed by atoms with Crippen molar-refractivity contribution in [2.24, 2.45) is 5.92 Å². The minimum atomic E-state index is -0.335. The highest BCUT2D eigenvalue weighted by Gasteiger charge is 2.45. The van der Waals surface area contributed by atoms with Crippen LogP contribution in [0.4, 0.5) is 0 Å². The lowest BCUT2D eigenvalue weighted by molar-refractivity contribution is -0.153. The normalized spacial score (nSPS) is 35.0. The molecule has 1 saturated heterocycles. The molecule has 1 aliphatic carbocycles. The number of hydrogen-bond acceptors (Lipinski definition) is 3. The van der Waals surface area contributed by atoms with Crippen LogP contribution < -0.4 is 5.32 Å². The predicted molar refractivity (Wildman–Crippen MR) is 87.3 cm³/mol. The first-order valence-corrected chi connectivity index (χ1v) is 9.47. The minimum absolute atomic E-state index is 0.0370. The Morgan fingerprint density at radius 3 is 2.57 bits per heavy atom. The van der Waals surface area contributed by atoms with Crippen LogP contribution in [0, 0.1) is 5.92 Å². The van der Waals surface area contributed by atoms with Gasteiger partial charge in [-0.15, -0.1) is 0 Å². The van der Waals surface area contributed by atoms with Crippen LogP contribution in [-0.4, -0.2) is 46.3 Å². The number of hydrogen-bond donors (Lipinski definition) is 1. The van der Waals surface area contributed by atoms with Crippen LogP contribution in [-0.2, 0) is 9.59 Å². The Balaban J connectivity index is 2.21. The van der Waals surface area contributed by atoms with Crippen molar-refractivity contribution in [1.82, 2.24) is 10.2 Å². The summed E-state index contributed by atoms with van der Waals surface area (Å²) in [6.07, 6.45) is 6.96. The first kappa shape index (κ1) is 16.7. The fourth-order valence-corrected chi connectivity index (χ4v) is 4.36. The van der Waals surface area contributed by atoms with E-state index in [2.05, 4.69) is 18.5 Å². The van der Waals surface area contributed by atoms with Crippen LogP contribution in [0.1, 0.15) is 52.9 Å². The highest BCUT2D eigenvalue weighted by molar-refractivity contribution is 7.99. The first-order valence-electron chi connectivity index (χ1n) is 8.18. The lowest BCUT2D eigenvalue weighted by Crippen LogP contribution is -2.66. The minimum Gasteiger partial charge on any atom is -0.342 e. The molecular formula is C16H28N2O2S. The Labute approximate surface area is 132 Å². The van der Waals surface area contributed by atoms with Gasteiger partial charge in [0.1, 0.15) is 12.1 Å². The van der Waals surface area contributed by atoms with E-state index in [1.807, 2.05) is 30.5 Å². The number of amides is 2. The van der Waals surface area contributed by atoms with E-state index in [0.29, 0.717) is 11.7 Å². The predicted octanol–water partition coefficient (Wildman–Crippen LogP) is 2.42. The van der Waals surface area contributed by atoms with Gasteiger partial charge in [-0.25, -0.2) is 0 Å². The molecule has 0 radical (unpaired) electrons. The zero-order chi connectivity index (χ0) is 15.6. The average molecular weight is 312 g/mol. The second-order valence-electron chi connectivity index (χ2n) is 6.37. The Hall–Kier alpha value is -0.710. The van der Waals surface area contributed by atoms with Gasteiger partial charge in [0, 0.05) is 11.3 Å². The van der Waals surface area contributed by atoms with Crippen molar-refractivity contribution in [1.29, 1.82) is 0 Å². The molecule has 2 amide bonds. The lowest BCUT2D eigenvalue weighted by Gasteiger charge is -2.43. The molecule has 5 heteroatoms. The van der Waals surface area contributed by atoms with Gasteiger partial charge in [-0.3, -0.25) is 9.59 Å². The van der Waals surface area contributed by atoms with Gasteiger partial charge >= 0.3 is 0 Å². The Bertz CT molecular complexity index is 402. The molecule has 5 atom stereocenters. The molecule has 21 heavy (non-hydrogen) atoms. The van der Waals surface area contributed by atoms with Crippen LogP contribution in [0.3, 0.4) is 0 Å². The fraction of sp³-hybridized carbons (Fsp3) is 0.875. The number of thioether (sulfide) groups is 1. The molecule has 5 unspecified atom stereocenters. The summed E-state index contributed by atoms with van der Waals surface area (Å²) in [5.41, 5.74) is 0. The molecule has 2 fully saturated rings. The van der Waals surface area contributed by atoms with Gasteiger partial charge in [-0.1, -0.05) is 27.2 Å². The van der Waals surface area contributed by atoms with Crippen LogP contribution >= 0.6 is 11.8 Å². The third kappa shape index (κ3) is 3.22. The number of nitrogens with zero attached hydrogens (tertiary/aromatic N) is 1. The van der Waals surface area contributed by atoms with Gasteiger partial charge in [0.25, 0.3) is 0 Å². The summed E-state index contributed by atoms with van der Waals surface area (Å²) in [5, 5.41) is 3.59. The lowest BCUT2D eigenvalue weighted by atomic mass is 9.92. The van der Waals surface area contributed by atoms with E-state index in [0.717, 1.165) is 25.7 Å². The third-order valence-corrected chi connectivity index (χ3v) is 6.23. The highest BCUT2D eigenvalue weighted by Crippen LogP contribution is 2.34. The molecule has 1 saturated carbocycles. The highest BCUT2D eigenvalue weighted by atomic mass is 32.2. The van der Waals surface area contributed by atoms with E-state index in [9.17, 15) is 9.59 Å². The van der Waals surface area contributed by atoms with E-state index in [4.69, 9.17) is 0 Å². The van der Waals surface area contributed by atoms with Crippen LogP contribution in [0.15, 0.2) is 0 Å². The summed E-state index contributed by atoms with van der Waals surface area (Å²) in [6.45, 7) is 6.11. The monoisotopic (exact) mass is 312 g/mol. The maximum atomic E-state index is 12.9. The number of rotatable bonds is 5. The smallest absolute Gasteiger partial charge is 0.246 e. The summed E-state index contributed by atoms with van der Waals surface area (Å²) < 4.78 is 0. The molecule has 0 bridgehead atoms. The van der Waals surface area contributed by atoms with Crippen molar-refractivity contribution in [3.8, 4) is 0 Å². The van der Waals surface area contributed by atoms with Crippen molar-refractivity contribution >= 4 is 23.6 Å². The number of carbonyl (C=O) groups is 2. The molecule has 0 aromatic carbocycles. The Morgan fingerprint density at radius 1 is 1.33 bits per heavy atom. The molecule has 0 aromatic heterocycles. The number of piperazine rings is 1.